The molecule has 0 aromatic heterocycles. The third kappa shape index (κ3) is 5.96. The van der Waals surface area contributed by atoms with Crippen LogP contribution in [0.1, 0.15) is 19.4 Å². The quantitative estimate of drug-likeness (QED) is 0.574. The fourth-order valence-corrected chi connectivity index (χ4v) is 2.35. The van der Waals surface area contributed by atoms with Crippen LogP contribution in [0.4, 0.5) is 0 Å². The van der Waals surface area contributed by atoms with Crippen molar-refractivity contribution in [3.63, 3.8) is 0 Å². The van der Waals surface area contributed by atoms with Crippen LogP contribution in [0.2, 0.25) is 10.0 Å². The molecule has 25 heavy (non-hydrogen) atoms. The smallest absolute Gasteiger partial charge is 0.280 e. The van der Waals surface area contributed by atoms with Crippen molar-refractivity contribution >= 4 is 35.3 Å². The maximum atomic E-state index is 12.0. The Hall–Kier alpha value is -2.24. The van der Waals surface area contributed by atoms with E-state index in [0.717, 1.165) is 11.3 Å². The Morgan fingerprint density at radius 1 is 1.24 bits per heavy atom. The summed E-state index contributed by atoms with van der Waals surface area (Å²) >= 11 is 11.8. The second-order valence-corrected chi connectivity index (χ2v) is 5.91. The first kappa shape index (κ1) is 19.1. The normalized spacial score (nSPS) is 12.0. The topological polar surface area (TPSA) is 59.9 Å². The summed E-state index contributed by atoms with van der Waals surface area (Å²) in [7, 11) is 0. The highest BCUT2D eigenvalue weighted by Crippen LogP contribution is 2.28. The highest BCUT2D eigenvalue weighted by Gasteiger charge is 2.15. The summed E-state index contributed by atoms with van der Waals surface area (Å²) in [5.41, 5.74) is 3.26. The van der Waals surface area contributed by atoms with Crippen LogP contribution in [0.25, 0.3) is 0 Å². The first-order valence-corrected chi connectivity index (χ1v) is 8.42. The zero-order valence-corrected chi connectivity index (χ0v) is 15.3. The number of benzene rings is 2. The molecule has 1 atom stereocenters. The summed E-state index contributed by atoms with van der Waals surface area (Å²) in [6, 6.07) is 12.1. The first-order valence-electron chi connectivity index (χ1n) is 7.67. The zero-order chi connectivity index (χ0) is 18.2. The fraction of sp³-hybridized carbons (Fsp3) is 0.222. The van der Waals surface area contributed by atoms with Gasteiger partial charge in [-0.15, -0.1) is 0 Å². The lowest BCUT2D eigenvalue weighted by Crippen LogP contribution is -2.33. The number of rotatable bonds is 7. The van der Waals surface area contributed by atoms with E-state index in [4.69, 9.17) is 32.7 Å². The SMILES string of the molecule is CCOc1ccc(C=NNC(=O)C(C)Oc2ccc(Cl)cc2Cl)cc1. The van der Waals surface area contributed by atoms with Crippen molar-refractivity contribution in [2.75, 3.05) is 6.61 Å². The molecule has 0 saturated carbocycles. The Balaban J connectivity index is 1.88. The van der Waals surface area contributed by atoms with E-state index in [1.807, 2.05) is 31.2 Å². The number of carbonyl (C=O) groups is 1. The molecule has 2 rings (SSSR count). The van der Waals surface area contributed by atoms with E-state index in [-0.39, 0.29) is 0 Å². The van der Waals surface area contributed by atoms with Gasteiger partial charge in [-0.25, -0.2) is 5.43 Å². The summed E-state index contributed by atoms with van der Waals surface area (Å²) in [5.74, 6) is 0.767. The van der Waals surface area contributed by atoms with Gasteiger partial charge < -0.3 is 9.47 Å². The minimum Gasteiger partial charge on any atom is -0.494 e. The largest absolute Gasteiger partial charge is 0.494 e. The van der Waals surface area contributed by atoms with Crippen molar-refractivity contribution < 1.29 is 14.3 Å². The van der Waals surface area contributed by atoms with Gasteiger partial charge in [-0.3, -0.25) is 4.79 Å². The number of nitrogens with one attached hydrogen (secondary N) is 1. The molecule has 1 unspecified atom stereocenters. The van der Waals surface area contributed by atoms with Crippen molar-refractivity contribution in [3.05, 3.63) is 58.1 Å². The monoisotopic (exact) mass is 380 g/mol. The molecule has 0 saturated heterocycles. The van der Waals surface area contributed by atoms with Crippen molar-refractivity contribution in [3.8, 4) is 11.5 Å². The molecule has 1 amide bonds. The lowest BCUT2D eigenvalue weighted by atomic mass is 10.2. The molecule has 5 nitrogen and oxygen atoms in total. The van der Waals surface area contributed by atoms with E-state index >= 15 is 0 Å². The van der Waals surface area contributed by atoms with Gasteiger partial charge in [-0.1, -0.05) is 23.2 Å². The third-order valence-electron chi connectivity index (χ3n) is 3.15. The van der Waals surface area contributed by atoms with Crippen LogP contribution >= 0.6 is 23.2 Å². The van der Waals surface area contributed by atoms with Gasteiger partial charge in [0, 0.05) is 5.02 Å². The van der Waals surface area contributed by atoms with Crippen molar-refractivity contribution in [2.24, 2.45) is 5.10 Å². The second-order valence-electron chi connectivity index (χ2n) is 5.07. The van der Waals surface area contributed by atoms with Crippen LogP contribution in [0, 0.1) is 0 Å². The van der Waals surface area contributed by atoms with Crippen LogP contribution in [0.5, 0.6) is 11.5 Å². The standard InChI is InChI=1S/C18H18Cl2N2O3/c1-3-24-15-7-4-13(5-8-15)11-21-22-18(23)12(2)25-17-9-6-14(19)10-16(17)20/h4-12H,3H2,1-2H3,(H,22,23). The van der Waals surface area contributed by atoms with E-state index in [9.17, 15) is 4.79 Å². The van der Waals surface area contributed by atoms with Crippen LogP contribution in [0.15, 0.2) is 47.6 Å². The van der Waals surface area contributed by atoms with E-state index < -0.39 is 12.0 Å². The van der Waals surface area contributed by atoms with E-state index in [0.29, 0.717) is 22.4 Å². The molecule has 0 heterocycles. The minimum absolute atomic E-state index is 0.338. The maximum absolute atomic E-state index is 12.0. The Bertz CT molecular complexity index is 748. The molecular formula is C18H18Cl2N2O3. The van der Waals surface area contributed by atoms with Gasteiger partial charge in [0.1, 0.15) is 11.5 Å². The summed E-state index contributed by atoms with van der Waals surface area (Å²) in [5, 5.41) is 4.75. The third-order valence-corrected chi connectivity index (χ3v) is 3.68. The first-order chi connectivity index (χ1) is 12.0. The van der Waals surface area contributed by atoms with Crippen molar-refractivity contribution in [1.82, 2.24) is 5.43 Å². The van der Waals surface area contributed by atoms with E-state index in [2.05, 4.69) is 10.5 Å². The van der Waals surface area contributed by atoms with Crippen molar-refractivity contribution in [2.45, 2.75) is 20.0 Å². The summed E-state index contributed by atoms with van der Waals surface area (Å²) in [6.07, 6.45) is 0.770. The van der Waals surface area contributed by atoms with Gasteiger partial charge in [0.2, 0.25) is 0 Å². The molecule has 0 aliphatic rings. The second kappa shape index (κ2) is 9.30. The van der Waals surface area contributed by atoms with Crippen molar-refractivity contribution in [1.29, 1.82) is 0 Å². The van der Waals surface area contributed by atoms with Crippen LogP contribution < -0.4 is 14.9 Å². The molecule has 2 aromatic carbocycles. The average molecular weight is 381 g/mol. The van der Waals surface area contributed by atoms with E-state index in [1.54, 1.807) is 25.1 Å². The Morgan fingerprint density at radius 3 is 2.60 bits per heavy atom. The molecule has 0 bridgehead atoms. The number of ether oxygens (including phenoxy) is 2. The number of halogens is 2. The Kier molecular flexibility index (Phi) is 7.10. The molecule has 1 N–H and O–H groups in total. The number of hydrogen-bond acceptors (Lipinski definition) is 4. The number of amides is 1. The van der Waals surface area contributed by atoms with E-state index in [1.165, 1.54) is 6.21 Å². The number of carbonyl (C=O) groups excluding carboxylic acids is 1. The molecular weight excluding hydrogens is 363 g/mol. The highest BCUT2D eigenvalue weighted by molar-refractivity contribution is 6.35. The molecule has 0 radical (unpaired) electrons. The van der Waals surface area contributed by atoms with Gasteiger partial charge in [-0.05, 0) is 61.9 Å². The molecule has 0 fully saturated rings. The van der Waals surface area contributed by atoms with Crippen LogP contribution in [-0.2, 0) is 4.79 Å². The van der Waals surface area contributed by atoms with Gasteiger partial charge in [0.15, 0.2) is 6.10 Å². The van der Waals surface area contributed by atoms with Gasteiger partial charge in [0.25, 0.3) is 5.91 Å². The molecule has 0 aliphatic heterocycles. The number of hydrazone groups is 1. The average Bonchev–Trinajstić information content (AvgIpc) is 2.59. The molecule has 0 spiro atoms. The summed E-state index contributed by atoms with van der Waals surface area (Å²) in [4.78, 5) is 12.0. The summed E-state index contributed by atoms with van der Waals surface area (Å²) in [6.45, 7) is 4.14. The predicted molar refractivity (Wildman–Crippen MR) is 99.9 cm³/mol. The summed E-state index contributed by atoms with van der Waals surface area (Å²) < 4.78 is 10.9. The predicted octanol–water partition coefficient (Wildman–Crippen LogP) is 4.31. The molecule has 0 aliphatic carbocycles. The molecule has 132 valence electrons. The molecule has 2 aromatic rings. The lowest BCUT2D eigenvalue weighted by molar-refractivity contribution is -0.127. The minimum atomic E-state index is -0.767. The highest BCUT2D eigenvalue weighted by atomic mass is 35.5. The fourth-order valence-electron chi connectivity index (χ4n) is 1.89. The maximum Gasteiger partial charge on any atom is 0.280 e. The van der Waals surface area contributed by atoms with Gasteiger partial charge >= 0.3 is 0 Å². The van der Waals surface area contributed by atoms with Crippen LogP contribution in [0.3, 0.4) is 0 Å². The number of hydrogen-bond donors (Lipinski definition) is 1. The Labute approximate surface area is 156 Å². The number of nitrogens with zero attached hydrogens (tertiary/aromatic N) is 1. The molecule has 7 heteroatoms. The zero-order valence-electron chi connectivity index (χ0n) is 13.8. The van der Waals surface area contributed by atoms with Gasteiger partial charge in [0.05, 0.1) is 17.8 Å². The lowest BCUT2D eigenvalue weighted by Gasteiger charge is -2.14. The van der Waals surface area contributed by atoms with Crippen LogP contribution in [-0.4, -0.2) is 24.8 Å². The van der Waals surface area contributed by atoms with Gasteiger partial charge in [-0.2, -0.15) is 5.10 Å². The Morgan fingerprint density at radius 2 is 1.96 bits per heavy atom.